The summed E-state index contributed by atoms with van der Waals surface area (Å²) in [6.07, 6.45) is 14.2. The van der Waals surface area contributed by atoms with Gasteiger partial charge < -0.3 is 9.80 Å². The molecule has 0 bridgehead atoms. The molecule has 192 valence electrons. The fourth-order valence-electron chi connectivity index (χ4n) is 8.38. The molecule has 39 heavy (non-hydrogen) atoms. The van der Waals surface area contributed by atoms with Crippen LogP contribution in [-0.2, 0) is 5.41 Å². The minimum atomic E-state index is 0.00366. The van der Waals surface area contributed by atoms with Crippen LogP contribution in [0.15, 0.2) is 115 Å². The summed E-state index contributed by atoms with van der Waals surface area (Å²) in [4.78, 5) is 5.18. The van der Waals surface area contributed by atoms with Gasteiger partial charge in [-0.25, -0.2) is 0 Å². The van der Waals surface area contributed by atoms with Crippen LogP contribution >= 0.6 is 0 Å². The lowest BCUT2D eigenvalue weighted by Crippen LogP contribution is -2.44. The number of fused-ring (bicyclic) bond motifs is 9. The van der Waals surface area contributed by atoms with Crippen LogP contribution in [0.25, 0.3) is 16.8 Å². The van der Waals surface area contributed by atoms with E-state index in [2.05, 4.69) is 147 Å². The molecule has 0 amide bonds. The van der Waals surface area contributed by atoms with Crippen molar-refractivity contribution in [1.29, 1.82) is 0 Å². The monoisotopic (exact) mass is 506 g/mol. The van der Waals surface area contributed by atoms with Crippen molar-refractivity contribution in [2.45, 2.75) is 44.7 Å². The number of benzene rings is 3. The summed E-state index contributed by atoms with van der Waals surface area (Å²) in [6, 6.07) is 27.1. The molecule has 1 aliphatic carbocycles. The minimum absolute atomic E-state index is 0.00366. The van der Waals surface area contributed by atoms with E-state index in [0.717, 1.165) is 6.54 Å². The molecule has 2 heteroatoms. The molecule has 0 radical (unpaired) electrons. The van der Waals surface area contributed by atoms with E-state index in [9.17, 15) is 0 Å². The van der Waals surface area contributed by atoms with Gasteiger partial charge in [0.1, 0.15) is 0 Å². The highest BCUT2D eigenvalue weighted by Gasteiger charge is 2.78. The molecule has 0 saturated heterocycles. The number of rotatable bonds is 2. The van der Waals surface area contributed by atoms with Crippen LogP contribution in [0.4, 0.5) is 0 Å². The van der Waals surface area contributed by atoms with Crippen molar-refractivity contribution in [1.82, 2.24) is 9.80 Å². The highest BCUT2D eigenvalue weighted by Crippen LogP contribution is 2.75. The van der Waals surface area contributed by atoms with Crippen molar-refractivity contribution < 1.29 is 0 Å². The lowest BCUT2D eigenvalue weighted by atomic mass is 9.79. The van der Waals surface area contributed by atoms with Gasteiger partial charge in [-0.3, -0.25) is 0 Å². The van der Waals surface area contributed by atoms with Gasteiger partial charge in [-0.1, -0.05) is 97.9 Å². The first-order valence-electron chi connectivity index (χ1n) is 14.2. The molecule has 0 spiro atoms. The third kappa shape index (κ3) is 2.82. The van der Waals surface area contributed by atoms with Crippen molar-refractivity contribution in [2.24, 2.45) is 5.92 Å². The van der Waals surface area contributed by atoms with Crippen LogP contribution in [0.3, 0.4) is 0 Å². The maximum atomic E-state index is 2.70. The van der Waals surface area contributed by atoms with Crippen LogP contribution in [0, 0.1) is 12.8 Å². The van der Waals surface area contributed by atoms with Gasteiger partial charge in [-0.05, 0) is 65.8 Å². The van der Waals surface area contributed by atoms with E-state index in [1.54, 1.807) is 0 Å². The highest BCUT2D eigenvalue weighted by molar-refractivity contribution is 5.88. The summed E-state index contributed by atoms with van der Waals surface area (Å²) < 4.78 is 0. The summed E-state index contributed by atoms with van der Waals surface area (Å²) in [5, 5.41) is 0. The quantitative estimate of drug-likeness (QED) is 0.345. The summed E-state index contributed by atoms with van der Waals surface area (Å²) >= 11 is 0. The lowest BCUT2D eigenvalue weighted by Gasteiger charge is -2.43. The van der Waals surface area contributed by atoms with Crippen molar-refractivity contribution in [3.63, 3.8) is 0 Å². The first-order chi connectivity index (χ1) is 18.9. The summed E-state index contributed by atoms with van der Waals surface area (Å²) in [5.74, 6) is 0.380. The van der Waals surface area contributed by atoms with Gasteiger partial charge in [0.25, 0.3) is 0 Å². The standard InChI is InChI=1S/C37H34N2/c1-24-13-12-18-31-34(24)32-19-10-11-20-39(32)37(4)35(36(31,37)3)30-23-38-22-29(26-14-6-5-7-15-26)25(2)21-33(38)28-17-9-8-16-27(28)30/h5-19,21-23,33,35H,20H2,1-4H3. The molecule has 4 unspecified atom stereocenters. The zero-order valence-electron chi connectivity index (χ0n) is 23.1. The van der Waals surface area contributed by atoms with Gasteiger partial charge in [0.2, 0.25) is 0 Å². The van der Waals surface area contributed by atoms with Crippen molar-refractivity contribution in [3.05, 3.63) is 148 Å². The molecule has 4 aliphatic heterocycles. The van der Waals surface area contributed by atoms with Crippen LogP contribution in [0.5, 0.6) is 0 Å². The normalized spacial score (nSPS) is 29.5. The van der Waals surface area contributed by atoms with Gasteiger partial charge in [0.15, 0.2) is 0 Å². The minimum Gasteiger partial charge on any atom is -0.360 e. The molecule has 5 aliphatic rings. The number of allylic oxidation sites excluding steroid dienone is 4. The number of nitrogens with zero attached hydrogens (tertiary/aromatic N) is 2. The predicted molar refractivity (Wildman–Crippen MR) is 161 cm³/mol. The Hall–Kier alpha value is -4.04. The van der Waals surface area contributed by atoms with Gasteiger partial charge in [-0.2, -0.15) is 0 Å². The van der Waals surface area contributed by atoms with Gasteiger partial charge in [-0.15, -0.1) is 0 Å². The Kier molecular flexibility index (Phi) is 4.56. The zero-order valence-corrected chi connectivity index (χ0v) is 23.1. The van der Waals surface area contributed by atoms with Crippen molar-refractivity contribution >= 4 is 16.8 Å². The number of hydrogen-bond donors (Lipinski definition) is 0. The lowest BCUT2D eigenvalue weighted by molar-refractivity contribution is 0.269. The fraction of sp³-hybridized carbons (Fsp3) is 0.243. The molecule has 2 nitrogen and oxygen atoms in total. The topological polar surface area (TPSA) is 6.48 Å². The van der Waals surface area contributed by atoms with E-state index >= 15 is 0 Å². The van der Waals surface area contributed by atoms with Crippen molar-refractivity contribution in [2.75, 3.05) is 6.54 Å². The van der Waals surface area contributed by atoms with Crippen molar-refractivity contribution in [3.8, 4) is 0 Å². The largest absolute Gasteiger partial charge is 0.360 e. The first-order valence-corrected chi connectivity index (χ1v) is 14.2. The zero-order chi connectivity index (χ0) is 26.5. The Labute approximate surface area is 232 Å². The number of hydrogen-bond acceptors (Lipinski definition) is 2. The smallest absolute Gasteiger partial charge is 0.0776 e. The summed E-state index contributed by atoms with van der Waals surface area (Å²) in [5.41, 5.74) is 13.9. The van der Waals surface area contributed by atoms with Crippen LogP contribution in [0.1, 0.15) is 60.2 Å². The highest BCUT2D eigenvalue weighted by atomic mass is 15.3. The van der Waals surface area contributed by atoms with Crippen LogP contribution in [0.2, 0.25) is 0 Å². The Balaban J connectivity index is 1.33. The van der Waals surface area contributed by atoms with E-state index in [1.165, 1.54) is 55.8 Å². The Morgan fingerprint density at radius 1 is 0.846 bits per heavy atom. The second-order valence-electron chi connectivity index (χ2n) is 12.2. The summed E-state index contributed by atoms with van der Waals surface area (Å²) in [6.45, 7) is 10.5. The van der Waals surface area contributed by atoms with Crippen LogP contribution < -0.4 is 0 Å². The molecule has 0 N–H and O–H groups in total. The third-order valence-electron chi connectivity index (χ3n) is 10.4. The third-order valence-corrected chi connectivity index (χ3v) is 10.4. The van der Waals surface area contributed by atoms with Gasteiger partial charge in [0, 0.05) is 47.1 Å². The average Bonchev–Trinajstić information content (AvgIpc) is 3.50. The molecule has 1 fully saturated rings. The predicted octanol–water partition coefficient (Wildman–Crippen LogP) is 8.27. The van der Waals surface area contributed by atoms with E-state index < -0.39 is 0 Å². The first kappa shape index (κ1) is 22.9. The summed E-state index contributed by atoms with van der Waals surface area (Å²) in [7, 11) is 0. The number of aryl methyl sites for hydroxylation is 1. The maximum Gasteiger partial charge on any atom is 0.0776 e. The van der Waals surface area contributed by atoms with E-state index in [4.69, 9.17) is 0 Å². The fourth-order valence-corrected chi connectivity index (χ4v) is 8.38. The van der Waals surface area contributed by atoms with E-state index in [1.807, 2.05) is 0 Å². The average molecular weight is 507 g/mol. The Morgan fingerprint density at radius 3 is 2.49 bits per heavy atom. The molecular formula is C37H34N2. The molecule has 1 saturated carbocycles. The van der Waals surface area contributed by atoms with E-state index in [0.29, 0.717) is 5.92 Å². The molecule has 4 heterocycles. The molecule has 8 rings (SSSR count). The molecule has 3 aromatic rings. The maximum absolute atomic E-state index is 2.70. The van der Waals surface area contributed by atoms with E-state index in [-0.39, 0.29) is 17.0 Å². The van der Waals surface area contributed by atoms with Gasteiger partial charge in [0.05, 0.1) is 11.6 Å². The molecule has 3 aromatic carbocycles. The molecular weight excluding hydrogens is 472 g/mol. The Morgan fingerprint density at radius 2 is 1.64 bits per heavy atom. The van der Waals surface area contributed by atoms with Crippen LogP contribution in [-0.4, -0.2) is 21.9 Å². The van der Waals surface area contributed by atoms with Gasteiger partial charge >= 0.3 is 0 Å². The molecule has 0 aromatic heterocycles. The molecule has 4 atom stereocenters. The second kappa shape index (κ2) is 7.76. The Bertz CT molecular complexity index is 1700. The SMILES string of the molecule is CC1=CC2c3ccccc3C(C3C4(C)c5cccc(C)c5C5=CC=CCN5C34C)=CN2C=C1c1ccccc1. The second-order valence-corrected chi connectivity index (χ2v) is 12.2.